The lowest BCUT2D eigenvalue weighted by atomic mass is 10.1. The number of nitrogens with one attached hydrogen (secondary N) is 4. The van der Waals surface area contributed by atoms with E-state index in [9.17, 15) is 9.59 Å². The van der Waals surface area contributed by atoms with Crippen LogP contribution >= 0.6 is 49.7 Å². The lowest BCUT2D eigenvalue weighted by Crippen LogP contribution is -2.40. The molecule has 0 spiro atoms. The molecule has 0 saturated carbocycles. The number of hydrogen-bond acceptors (Lipinski definition) is 5. The third kappa shape index (κ3) is 5.40. The van der Waals surface area contributed by atoms with Crippen molar-refractivity contribution < 1.29 is 9.59 Å². The van der Waals surface area contributed by atoms with Crippen LogP contribution in [0.2, 0.25) is 0 Å². The van der Waals surface area contributed by atoms with E-state index in [1.54, 1.807) is 13.8 Å². The number of rotatable bonds is 2. The van der Waals surface area contributed by atoms with Crippen LogP contribution in [0, 0.1) is 13.8 Å². The summed E-state index contributed by atoms with van der Waals surface area (Å²) in [5, 5.41) is 0. The Labute approximate surface area is 148 Å². The van der Waals surface area contributed by atoms with E-state index in [0.29, 0.717) is 11.4 Å². The lowest BCUT2D eigenvalue weighted by molar-refractivity contribution is 0.0943. The molecule has 0 atom stereocenters. The summed E-state index contributed by atoms with van der Waals surface area (Å²) in [5.74, 6) is -0.985. The molecule has 0 aliphatic heterocycles. The Morgan fingerprint density at radius 2 is 1.27 bits per heavy atom. The Morgan fingerprint density at radius 3 is 1.59 bits per heavy atom. The molecule has 0 radical (unpaired) electrons. The topological polar surface area (TPSA) is 95.2 Å². The minimum Gasteiger partial charge on any atom is -0.283 e. The standard InChI is InChI=1S/C11H13N5O2S4/c1-4-6(8(17)13-15-10(19)20)3-7(5(2)12-4)9(18)14-16-11(21)22/h3H,1-2H3,(H,13,17)(H,14,18)(H2,15,19,20)(H2,16,21,22). The Morgan fingerprint density at radius 1 is 0.909 bits per heavy atom. The number of nitrogens with zero attached hydrogens (tertiary/aromatic N) is 1. The first-order valence-electron chi connectivity index (χ1n) is 5.79. The van der Waals surface area contributed by atoms with Gasteiger partial charge in [0, 0.05) is 0 Å². The molecular formula is C11H13N5O2S4. The Kier molecular flexibility index (Phi) is 7.00. The lowest BCUT2D eigenvalue weighted by Gasteiger charge is -2.12. The van der Waals surface area contributed by atoms with Crippen molar-refractivity contribution in [3.63, 3.8) is 0 Å². The molecule has 22 heavy (non-hydrogen) atoms. The maximum Gasteiger partial charge on any atom is 0.271 e. The molecule has 7 nitrogen and oxygen atoms in total. The van der Waals surface area contributed by atoms with E-state index in [4.69, 9.17) is 0 Å². The van der Waals surface area contributed by atoms with Gasteiger partial charge in [-0.2, -0.15) is 0 Å². The highest BCUT2D eigenvalue weighted by molar-refractivity contribution is 8.11. The third-order valence-corrected chi connectivity index (χ3v) is 2.89. The van der Waals surface area contributed by atoms with E-state index >= 15 is 0 Å². The van der Waals surface area contributed by atoms with E-state index in [1.165, 1.54) is 6.07 Å². The fourth-order valence-electron chi connectivity index (χ4n) is 1.54. The molecule has 1 heterocycles. The van der Waals surface area contributed by atoms with Crippen LogP contribution in [0.4, 0.5) is 0 Å². The third-order valence-electron chi connectivity index (χ3n) is 2.46. The average molecular weight is 376 g/mol. The normalized spacial score (nSPS) is 9.64. The summed E-state index contributed by atoms with van der Waals surface area (Å²) in [6, 6.07) is 1.43. The number of pyridine rings is 1. The van der Waals surface area contributed by atoms with Gasteiger partial charge in [0.15, 0.2) is 0 Å². The van der Waals surface area contributed by atoms with Gasteiger partial charge in [-0.05, 0) is 19.9 Å². The summed E-state index contributed by atoms with van der Waals surface area (Å²) < 4.78 is 0.214. The summed E-state index contributed by atoms with van der Waals surface area (Å²) in [6.45, 7) is 3.31. The van der Waals surface area contributed by atoms with E-state index in [2.05, 4.69) is 76.4 Å². The van der Waals surface area contributed by atoms with Gasteiger partial charge < -0.3 is 0 Å². The number of hydrazine groups is 2. The smallest absolute Gasteiger partial charge is 0.271 e. The second-order valence-corrected chi connectivity index (χ2v) is 6.34. The average Bonchev–Trinajstić information content (AvgIpc) is 2.42. The Balaban J connectivity index is 3.03. The molecule has 0 saturated heterocycles. The molecule has 0 unspecified atom stereocenters. The van der Waals surface area contributed by atoms with Crippen molar-refractivity contribution in [3.05, 3.63) is 28.6 Å². The van der Waals surface area contributed by atoms with Crippen LogP contribution in [-0.2, 0) is 0 Å². The number of amides is 2. The fraction of sp³-hybridized carbons (Fsp3) is 0.182. The minimum atomic E-state index is -0.492. The zero-order valence-corrected chi connectivity index (χ0v) is 15.0. The summed E-state index contributed by atoms with van der Waals surface area (Å²) in [6.07, 6.45) is 0. The maximum absolute atomic E-state index is 12.0. The van der Waals surface area contributed by atoms with Crippen LogP contribution in [0.15, 0.2) is 6.07 Å². The van der Waals surface area contributed by atoms with Crippen LogP contribution in [0.25, 0.3) is 0 Å². The molecule has 0 aliphatic carbocycles. The van der Waals surface area contributed by atoms with Crippen molar-refractivity contribution >= 4 is 70.1 Å². The quantitative estimate of drug-likeness (QED) is 0.256. The highest BCUT2D eigenvalue weighted by Gasteiger charge is 2.17. The van der Waals surface area contributed by atoms with Gasteiger partial charge in [-0.1, -0.05) is 24.4 Å². The van der Waals surface area contributed by atoms with Crippen LogP contribution in [0.1, 0.15) is 32.1 Å². The van der Waals surface area contributed by atoms with E-state index < -0.39 is 11.8 Å². The summed E-state index contributed by atoms with van der Waals surface area (Å²) >= 11 is 17.0. The number of carbonyl (C=O) groups is 2. The zero-order valence-electron chi connectivity index (χ0n) is 11.6. The van der Waals surface area contributed by atoms with E-state index in [-0.39, 0.29) is 19.8 Å². The van der Waals surface area contributed by atoms with Gasteiger partial charge in [-0.15, -0.1) is 25.3 Å². The van der Waals surface area contributed by atoms with Gasteiger partial charge in [0.2, 0.25) is 0 Å². The van der Waals surface area contributed by atoms with E-state index in [0.717, 1.165) is 0 Å². The van der Waals surface area contributed by atoms with Gasteiger partial charge in [0.05, 0.1) is 22.5 Å². The maximum atomic E-state index is 12.0. The Bertz CT molecular complexity index is 598. The van der Waals surface area contributed by atoms with Crippen molar-refractivity contribution in [2.24, 2.45) is 0 Å². The van der Waals surface area contributed by atoms with Crippen LogP contribution in [0.3, 0.4) is 0 Å². The number of aryl methyl sites for hydroxylation is 2. The number of thiol groups is 2. The minimum absolute atomic E-state index is 0.107. The molecule has 1 aromatic heterocycles. The monoisotopic (exact) mass is 375 g/mol. The zero-order chi connectivity index (χ0) is 16.9. The number of carbonyl (C=O) groups excluding carboxylic acids is 2. The molecule has 118 valence electrons. The molecule has 1 rings (SSSR count). The SMILES string of the molecule is Cc1nc(C)c(C(=O)NNC(=S)S)cc1C(=O)NNC(=S)S. The van der Waals surface area contributed by atoms with Gasteiger partial charge in [0.25, 0.3) is 11.8 Å². The van der Waals surface area contributed by atoms with E-state index in [1.807, 2.05) is 0 Å². The summed E-state index contributed by atoms with van der Waals surface area (Å²) in [5.41, 5.74) is 10.9. The molecule has 0 aromatic carbocycles. The predicted molar refractivity (Wildman–Crippen MR) is 98.1 cm³/mol. The van der Waals surface area contributed by atoms with Crippen molar-refractivity contribution in [1.82, 2.24) is 26.7 Å². The molecule has 11 heteroatoms. The first kappa shape index (κ1) is 18.6. The highest BCUT2D eigenvalue weighted by atomic mass is 32.1. The molecule has 0 bridgehead atoms. The van der Waals surface area contributed by atoms with Gasteiger partial charge in [0.1, 0.15) is 8.64 Å². The number of aromatic nitrogens is 1. The fourth-order valence-corrected chi connectivity index (χ4v) is 1.75. The second kappa shape index (κ2) is 8.27. The summed E-state index contributed by atoms with van der Waals surface area (Å²) in [4.78, 5) is 28.3. The van der Waals surface area contributed by atoms with Gasteiger partial charge >= 0.3 is 0 Å². The predicted octanol–water partition coefficient (Wildman–Crippen LogP) is 0.597. The largest absolute Gasteiger partial charge is 0.283 e. The van der Waals surface area contributed by atoms with Crippen molar-refractivity contribution in [1.29, 1.82) is 0 Å². The second-order valence-electron chi connectivity index (χ2n) is 4.02. The molecule has 0 fully saturated rings. The molecule has 0 aliphatic rings. The molecule has 4 N–H and O–H groups in total. The van der Waals surface area contributed by atoms with Gasteiger partial charge in [-0.25, -0.2) is 0 Å². The van der Waals surface area contributed by atoms with Crippen LogP contribution < -0.4 is 21.7 Å². The van der Waals surface area contributed by atoms with Crippen molar-refractivity contribution in [2.75, 3.05) is 0 Å². The number of hydrogen-bond donors (Lipinski definition) is 6. The first-order valence-corrected chi connectivity index (χ1v) is 7.50. The molecule has 2 amide bonds. The van der Waals surface area contributed by atoms with Crippen LogP contribution in [-0.4, -0.2) is 25.4 Å². The van der Waals surface area contributed by atoms with Crippen molar-refractivity contribution in [2.45, 2.75) is 13.8 Å². The highest BCUT2D eigenvalue weighted by Crippen LogP contribution is 2.12. The summed E-state index contributed by atoms with van der Waals surface area (Å²) in [7, 11) is 0. The van der Waals surface area contributed by atoms with Crippen molar-refractivity contribution in [3.8, 4) is 0 Å². The molecule has 1 aromatic rings. The first-order chi connectivity index (χ1) is 10.2. The van der Waals surface area contributed by atoms with Gasteiger partial charge in [-0.3, -0.25) is 36.3 Å². The Hall–Kier alpha value is -1.43. The van der Waals surface area contributed by atoms with Crippen LogP contribution in [0.5, 0.6) is 0 Å². The number of thiocarbonyl (C=S) groups is 2. The molecular weight excluding hydrogens is 362 g/mol.